The average molecular weight is 547 g/mol. The van der Waals surface area contributed by atoms with Gasteiger partial charge in [0.15, 0.2) is 18.2 Å². The monoisotopic (exact) mass is 546 g/mol. The molecule has 0 spiro atoms. The number of hydrogen-bond acceptors (Lipinski definition) is 5. The van der Waals surface area contributed by atoms with E-state index < -0.39 is 27.5 Å². The number of carbonyl (C=O) groups excluding carboxylic acids is 1. The Balaban J connectivity index is 1.56. The van der Waals surface area contributed by atoms with E-state index in [2.05, 4.69) is 20.8 Å². The lowest BCUT2D eigenvalue weighted by atomic mass is 10.1. The molecule has 180 valence electrons. The molecule has 33 heavy (non-hydrogen) atoms. The summed E-state index contributed by atoms with van der Waals surface area (Å²) in [5.74, 6) is -2.05. The second kappa shape index (κ2) is 10.9. The predicted octanol–water partition coefficient (Wildman–Crippen LogP) is 3.27. The Bertz CT molecular complexity index is 1120. The van der Waals surface area contributed by atoms with Crippen LogP contribution in [0.25, 0.3) is 0 Å². The third kappa shape index (κ3) is 7.46. The molecule has 0 unspecified atom stereocenters. The molecule has 0 aliphatic carbocycles. The van der Waals surface area contributed by atoms with Crippen molar-refractivity contribution in [3.63, 3.8) is 0 Å². The standard InChI is InChI=1S/C22H25BrF2N2O5S/c1-15-12-26(13-16-2-4-19(24)20(25)10-16)7-8-27(15)22(28)14-32-21-5-3-18(23)11-17(21)6-9-33(29,30)31/h2-5,10-11,15H,6-9,12-14H2,1H3,(H,29,30,31)/t15-/m1/s1. The Morgan fingerprint density at radius 2 is 1.94 bits per heavy atom. The minimum atomic E-state index is -4.13. The smallest absolute Gasteiger partial charge is 0.265 e. The highest BCUT2D eigenvalue weighted by Crippen LogP contribution is 2.24. The molecule has 0 bridgehead atoms. The van der Waals surface area contributed by atoms with Crippen LogP contribution in [0.3, 0.4) is 0 Å². The molecule has 1 atom stereocenters. The molecule has 1 aliphatic rings. The molecule has 1 aliphatic heterocycles. The molecule has 1 heterocycles. The summed E-state index contributed by atoms with van der Waals surface area (Å²) < 4.78 is 64.2. The first-order chi connectivity index (χ1) is 15.5. The Morgan fingerprint density at radius 3 is 2.61 bits per heavy atom. The van der Waals surface area contributed by atoms with Gasteiger partial charge < -0.3 is 9.64 Å². The molecule has 0 aromatic heterocycles. The highest BCUT2D eigenvalue weighted by molar-refractivity contribution is 9.10. The Labute approximate surface area is 200 Å². The molecule has 11 heteroatoms. The van der Waals surface area contributed by atoms with Crippen LogP contribution in [0, 0.1) is 11.6 Å². The summed E-state index contributed by atoms with van der Waals surface area (Å²) >= 11 is 3.32. The van der Waals surface area contributed by atoms with Crippen molar-refractivity contribution in [1.82, 2.24) is 9.80 Å². The van der Waals surface area contributed by atoms with Gasteiger partial charge in [-0.3, -0.25) is 14.2 Å². The zero-order valence-electron chi connectivity index (χ0n) is 18.0. The lowest BCUT2D eigenvalue weighted by Gasteiger charge is -2.40. The van der Waals surface area contributed by atoms with Crippen LogP contribution in [0.4, 0.5) is 8.78 Å². The molecule has 1 fully saturated rings. The van der Waals surface area contributed by atoms with E-state index in [-0.39, 0.29) is 25.0 Å². The number of ether oxygens (including phenoxy) is 1. The normalized spacial score (nSPS) is 17.2. The number of piperazine rings is 1. The number of amides is 1. The van der Waals surface area contributed by atoms with Gasteiger partial charge in [0.1, 0.15) is 5.75 Å². The van der Waals surface area contributed by atoms with E-state index in [1.807, 2.05) is 6.92 Å². The second-order valence-corrected chi connectivity index (χ2v) is 10.5. The van der Waals surface area contributed by atoms with Crippen LogP contribution in [0.1, 0.15) is 18.1 Å². The van der Waals surface area contributed by atoms with Crippen molar-refractivity contribution >= 4 is 32.0 Å². The minimum absolute atomic E-state index is 0.0425. The van der Waals surface area contributed by atoms with E-state index in [0.29, 0.717) is 43.1 Å². The van der Waals surface area contributed by atoms with Gasteiger partial charge in [0, 0.05) is 36.7 Å². The van der Waals surface area contributed by atoms with Gasteiger partial charge in [-0.15, -0.1) is 0 Å². The van der Waals surface area contributed by atoms with Crippen LogP contribution < -0.4 is 4.74 Å². The Hall–Kier alpha value is -2.08. The zero-order valence-corrected chi connectivity index (χ0v) is 20.4. The van der Waals surface area contributed by atoms with E-state index in [9.17, 15) is 22.0 Å². The number of aryl methyl sites for hydroxylation is 1. The van der Waals surface area contributed by atoms with Gasteiger partial charge in [0.05, 0.1) is 5.75 Å². The predicted molar refractivity (Wildman–Crippen MR) is 123 cm³/mol. The van der Waals surface area contributed by atoms with E-state index in [1.54, 1.807) is 29.2 Å². The summed E-state index contributed by atoms with van der Waals surface area (Å²) in [5, 5.41) is 0. The maximum atomic E-state index is 13.5. The first-order valence-corrected chi connectivity index (χ1v) is 12.7. The summed E-state index contributed by atoms with van der Waals surface area (Å²) in [6.07, 6.45) is 0.0425. The van der Waals surface area contributed by atoms with E-state index >= 15 is 0 Å². The summed E-state index contributed by atoms with van der Waals surface area (Å²) in [7, 11) is -4.13. The molecular formula is C22H25BrF2N2O5S. The van der Waals surface area contributed by atoms with Crippen molar-refractivity contribution in [2.45, 2.75) is 25.9 Å². The van der Waals surface area contributed by atoms with E-state index in [0.717, 1.165) is 10.5 Å². The lowest BCUT2D eigenvalue weighted by molar-refractivity contribution is -0.138. The van der Waals surface area contributed by atoms with Gasteiger partial charge in [0.2, 0.25) is 0 Å². The first kappa shape index (κ1) is 25.5. The fraction of sp³-hybridized carbons (Fsp3) is 0.409. The largest absolute Gasteiger partial charge is 0.483 e. The van der Waals surface area contributed by atoms with Gasteiger partial charge in [0.25, 0.3) is 16.0 Å². The maximum absolute atomic E-state index is 13.5. The van der Waals surface area contributed by atoms with Crippen LogP contribution in [0.2, 0.25) is 0 Å². The van der Waals surface area contributed by atoms with Gasteiger partial charge in [-0.25, -0.2) is 8.78 Å². The van der Waals surface area contributed by atoms with Gasteiger partial charge in [-0.1, -0.05) is 22.0 Å². The summed E-state index contributed by atoms with van der Waals surface area (Å²) in [6.45, 7) is 3.76. The lowest BCUT2D eigenvalue weighted by Crippen LogP contribution is -2.54. The van der Waals surface area contributed by atoms with Crippen LogP contribution in [0.5, 0.6) is 5.75 Å². The number of nitrogens with zero attached hydrogens (tertiary/aromatic N) is 2. The molecule has 1 amide bonds. The quantitative estimate of drug-likeness (QED) is 0.511. The molecule has 2 aromatic carbocycles. The highest BCUT2D eigenvalue weighted by Gasteiger charge is 2.28. The fourth-order valence-corrected chi connectivity index (χ4v) is 4.68. The van der Waals surface area contributed by atoms with Crippen LogP contribution in [-0.4, -0.2) is 66.7 Å². The molecule has 1 N–H and O–H groups in total. The molecule has 3 rings (SSSR count). The third-order valence-electron chi connectivity index (χ3n) is 5.43. The molecule has 0 radical (unpaired) electrons. The van der Waals surface area contributed by atoms with Crippen molar-refractivity contribution in [2.24, 2.45) is 0 Å². The molecule has 7 nitrogen and oxygen atoms in total. The van der Waals surface area contributed by atoms with E-state index in [1.165, 1.54) is 6.07 Å². The van der Waals surface area contributed by atoms with Crippen molar-refractivity contribution < 1.29 is 31.3 Å². The number of halogens is 3. The third-order valence-corrected chi connectivity index (χ3v) is 6.64. The summed E-state index contributed by atoms with van der Waals surface area (Å²) in [6, 6.07) is 8.78. The molecule has 1 saturated heterocycles. The van der Waals surface area contributed by atoms with Crippen LogP contribution in [0.15, 0.2) is 40.9 Å². The maximum Gasteiger partial charge on any atom is 0.265 e. The van der Waals surface area contributed by atoms with Crippen LogP contribution in [-0.2, 0) is 27.9 Å². The van der Waals surface area contributed by atoms with Crippen molar-refractivity contribution in [2.75, 3.05) is 32.0 Å². The number of rotatable bonds is 8. The molecule has 2 aromatic rings. The Kier molecular flexibility index (Phi) is 8.43. The van der Waals surface area contributed by atoms with E-state index in [4.69, 9.17) is 9.29 Å². The van der Waals surface area contributed by atoms with Gasteiger partial charge >= 0.3 is 0 Å². The molecular weight excluding hydrogens is 522 g/mol. The van der Waals surface area contributed by atoms with Crippen molar-refractivity contribution in [3.05, 3.63) is 63.6 Å². The van der Waals surface area contributed by atoms with Gasteiger partial charge in [-0.05, 0) is 54.8 Å². The Morgan fingerprint density at radius 1 is 1.18 bits per heavy atom. The summed E-state index contributed by atoms with van der Waals surface area (Å²) in [5.41, 5.74) is 1.22. The number of hydrogen-bond donors (Lipinski definition) is 1. The molecule has 0 saturated carbocycles. The minimum Gasteiger partial charge on any atom is -0.483 e. The number of carbonyl (C=O) groups is 1. The van der Waals surface area contributed by atoms with Crippen molar-refractivity contribution in [1.29, 1.82) is 0 Å². The van der Waals surface area contributed by atoms with Crippen molar-refractivity contribution in [3.8, 4) is 5.75 Å². The SMILES string of the molecule is C[C@@H]1CN(Cc2ccc(F)c(F)c2)CCN1C(=O)COc1ccc(Br)cc1CCS(=O)(=O)O. The first-order valence-electron chi connectivity index (χ1n) is 10.3. The fourth-order valence-electron chi connectivity index (χ4n) is 3.79. The average Bonchev–Trinajstić information content (AvgIpc) is 2.73. The zero-order chi connectivity index (χ0) is 24.2. The van der Waals surface area contributed by atoms with Crippen LogP contribution >= 0.6 is 15.9 Å². The topological polar surface area (TPSA) is 87.2 Å². The second-order valence-electron chi connectivity index (χ2n) is 8.00. The van der Waals surface area contributed by atoms with Gasteiger partial charge in [-0.2, -0.15) is 8.42 Å². The highest BCUT2D eigenvalue weighted by atomic mass is 79.9. The summed E-state index contributed by atoms with van der Waals surface area (Å²) in [4.78, 5) is 16.6. The number of benzene rings is 2.